The highest BCUT2D eigenvalue weighted by Crippen LogP contribution is 2.25. The number of methoxy groups -OCH3 is 1. The van der Waals surface area contributed by atoms with Crippen LogP contribution in [-0.2, 0) is 0 Å². The van der Waals surface area contributed by atoms with Crippen LogP contribution >= 0.6 is 0 Å². The van der Waals surface area contributed by atoms with Gasteiger partial charge in [-0.05, 0) is 79.7 Å². The molecule has 1 aliphatic rings. The largest absolute Gasteiger partial charge is 0.496 e. The predicted octanol–water partition coefficient (Wildman–Crippen LogP) is 2.99. The van der Waals surface area contributed by atoms with Crippen molar-refractivity contribution in [3.63, 3.8) is 0 Å². The molecule has 0 bridgehead atoms. The normalized spacial score (nSPS) is 13.4. The van der Waals surface area contributed by atoms with E-state index >= 15 is 0 Å². The molecular weight excluding hydrogens is 469 g/mol. The Morgan fingerprint density at radius 1 is 1.14 bits per heavy atom. The van der Waals surface area contributed by atoms with Crippen LogP contribution in [-0.4, -0.2) is 64.4 Å². The van der Waals surface area contributed by atoms with Crippen LogP contribution < -0.4 is 20.9 Å². The summed E-state index contributed by atoms with van der Waals surface area (Å²) in [6, 6.07) is 10.3. The van der Waals surface area contributed by atoms with Gasteiger partial charge in [-0.3, -0.25) is 15.0 Å². The molecule has 9 nitrogen and oxygen atoms in total. The second kappa shape index (κ2) is 10.8. The van der Waals surface area contributed by atoms with Gasteiger partial charge < -0.3 is 19.9 Å². The van der Waals surface area contributed by atoms with Gasteiger partial charge in [0.1, 0.15) is 5.75 Å². The number of benzene rings is 2. The number of carbonyl (C=O) groups is 2. The van der Waals surface area contributed by atoms with Crippen LogP contribution in [0.4, 0.5) is 5.69 Å². The maximum Gasteiger partial charge on any atom is 0.454 e. The summed E-state index contributed by atoms with van der Waals surface area (Å²) in [6.07, 6.45) is 0. The Kier molecular flexibility index (Phi) is 8.22. The van der Waals surface area contributed by atoms with Gasteiger partial charge in [-0.25, -0.2) is 10.0 Å². The van der Waals surface area contributed by atoms with Gasteiger partial charge >= 0.3 is 7.05 Å². The fourth-order valence-electron chi connectivity index (χ4n) is 4.21. The van der Waals surface area contributed by atoms with Crippen LogP contribution in [0.15, 0.2) is 41.4 Å². The van der Waals surface area contributed by atoms with Crippen molar-refractivity contribution in [3.8, 4) is 5.75 Å². The topological polar surface area (TPSA) is 106 Å². The molecule has 0 unspecified atom stereocenters. The van der Waals surface area contributed by atoms with Gasteiger partial charge in [0.05, 0.1) is 18.3 Å². The summed E-state index contributed by atoms with van der Waals surface area (Å²) in [5, 5.41) is 15.7. The van der Waals surface area contributed by atoms with Gasteiger partial charge in [0.2, 0.25) is 0 Å². The van der Waals surface area contributed by atoms with Gasteiger partial charge in [0, 0.05) is 34.2 Å². The lowest BCUT2D eigenvalue weighted by atomic mass is 9.68. The Balaban J connectivity index is 1.95. The van der Waals surface area contributed by atoms with Crippen molar-refractivity contribution >= 4 is 36.0 Å². The second-order valence-electron chi connectivity index (χ2n) is 10.8. The SMILES string of the molecule is COc1cccc(C(=O)N(NC(=O)c2ccc3c(c2)N=C(NC(C)C)N(C(C)C)B3O)C(C)(C)C)c1C. The zero-order valence-electron chi connectivity index (χ0n) is 23.2. The quantitative estimate of drug-likeness (QED) is 0.425. The van der Waals surface area contributed by atoms with Gasteiger partial charge in [0.25, 0.3) is 11.8 Å². The molecule has 2 aromatic carbocycles. The smallest absolute Gasteiger partial charge is 0.454 e. The van der Waals surface area contributed by atoms with E-state index in [1.807, 2.05) is 55.4 Å². The number of nitrogens with one attached hydrogen (secondary N) is 2. The third-order valence-electron chi connectivity index (χ3n) is 6.10. The fourth-order valence-corrected chi connectivity index (χ4v) is 4.21. The first-order valence-electron chi connectivity index (χ1n) is 12.5. The van der Waals surface area contributed by atoms with Crippen molar-refractivity contribution in [2.24, 2.45) is 4.99 Å². The highest BCUT2D eigenvalue weighted by Gasteiger charge is 2.36. The number of fused-ring (bicyclic) bond motifs is 1. The Labute approximate surface area is 220 Å². The van der Waals surface area contributed by atoms with Crippen LogP contribution in [0.2, 0.25) is 0 Å². The zero-order chi connectivity index (χ0) is 27.7. The number of rotatable bonds is 5. The van der Waals surface area contributed by atoms with Crippen LogP contribution in [0.5, 0.6) is 5.75 Å². The molecule has 0 aromatic heterocycles. The minimum Gasteiger partial charge on any atom is -0.496 e. The predicted molar refractivity (Wildman–Crippen MR) is 148 cm³/mol. The molecule has 0 saturated heterocycles. The summed E-state index contributed by atoms with van der Waals surface area (Å²) < 4.78 is 5.37. The molecule has 3 rings (SSSR count). The third-order valence-corrected chi connectivity index (χ3v) is 6.10. The highest BCUT2D eigenvalue weighted by atomic mass is 16.5. The maximum atomic E-state index is 13.6. The molecule has 0 radical (unpaired) electrons. The van der Waals surface area contributed by atoms with Gasteiger partial charge in [-0.1, -0.05) is 12.1 Å². The van der Waals surface area contributed by atoms with Crippen LogP contribution in [0.1, 0.15) is 74.7 Å². The molecule has 1 heterocycles. The molecule has 10 heteroatoms. The summed E-state index contributed by atoms with van der Waals surface area (Å²) in [5.41, 5.74) is 4.63. The van der Waals surface area contributed by atoms with E-state index < -0.39 is 18.5 Å². The van der Waals surface area contributed by atoms with Gasteiger partial charge in [-0.15, -0.1) is 0 Å². The number of carbonyl (C=O) groups excluding carboxylic acids is 2. The Bertz CT molecular complexity index is 1210. The van der Waals surface area contributed by atoms with E-state index in [1.54, 1.807) is 48.3 Å². The average molecular weight is 507 g/mol. The molecule has 0 saturated carbocycles. The van der Waals surface area contributed by atoms with E-state index in [2.05, 4.69) is 10.7 Å². The highest BCUT2D eigenvalue weighted by molar-refractivity contribution is 6.68. The molecule has 0 aliphatic carbocycles. The minimum absolute atomic E-state index is 0.00236. The molecule has 0 fully saturated rings. The van der Waals surface area contributed by atoms with E-state index in [0.717, 1.165) is 0 Å². The average Bonchev–Trinajstić information content (AvgIpc) is 2.80. The summed E-state index contributed by atoms with van der Waals surface area (Å²) in [4.78, 5) is 33.5. The van der Waals surface area contributed by atoms with Crippen molar-refractivity contribution in [2.45, 2.75) is 73.0 Å². The van der Waals surface area contributed by atoms with Gasteiger partial charge in [-0.2, -0.15) is 0 Å². The van der Waals surface area contributed by atoms with Crippen molar-refractivity contribution in [1.29, 1.82) is 0 Å². The third kappa shape index (κ3) is 5.90. The lowest BCUT2D eigenvalue weighted by molar-refractivity contribution is 0.0357. The zero-order valence-corrected chi connectivity index (χ0v) is 23.2. The standard InChI is InChI=1S/C27H38BN5O4/c1-16(2)29-26-30-22-15-19(13-14-21(22)28(36)32(26)17(3)4)24(34)31-33(27(6,7)8)25(35)20-11-10-12-23(37-9)18(20)5/h10-17,36H,1-9H3,(H,29,30)(H,31,34). The van der Waals surface area contributed by atoms with Crippen LogP contribution in [0, 0.1) is 6.92 Å². The first kappa shape index (κ1) is 28.1. The van der Waals surface area contributed by atoms with E-state index in [9.17, 15) is 14.6 Å². The summed E-state index contributed by atoms with van der Waals surface area (Å²) in [7, 11) is 0.646. The minimum atomic E-state index is -0.908. The molecule has 2 amide bonds. The second-order valence-corrected chi connectivity index (χ2v) is 10.8. The number of guanidine groups is 1. The first-order chi connectivity index (χ1) is 17.3. The lowest BCUT2D eigenvalue weighted by Gasteiger charge is -2.37. The van der Waals surface area contributed by atoms with Crippen LogP contribution in [0.3, 0.4) is 0 Å². The number of hydrogen-bond donors (Lipinski definition) is 3. The van der Waals surface area contributed by atoms with Gasteiger partial charge in [0.15, 0.2) is 5.96 Å². The molecule has 37 heavy (non-hydrogen) atoms. The summed E-state index contributed by atoms with van der Waals surface area (Å²) in [5.74, 6) is 0.335. The Morgan fingerprint density at radius 2 is 1.81 bits per heavy atom. The molecule has 0 spiro atoms. The number of ether oxygens (including phenoxy) is 1. The van der Waals surface area contributed by atoms with Crippen molar-refractivity contribution in [1.82, 2.24) is 20.6 Å². The molecule has 1 aliphatic heterocycles. The number of hydrazine groups is 1. The van der Waals surface area contributed by atoms with E-state index in [-0.39, 0.29) is 18.0 Å². The Morgan fingerprint density at radius 3 is 2.38 bits per heavy atom. The number of hydrogen-bond acceptors (Lipinski definition) is 7. The van der Waals surface area contributed by atoms with E-state index in [1.165, 1.54) is 5.01 Å². The molecule has 3 N–H and O–H groups in total. The molecular formula is C27H38BN5O4. The molecule has 0 atom stereocenters. The summed E-state index contributed by atoms with van der Waals surface area (Å²) >= 11 is 0. The summed E-state index contributed by atoms with van der Waals surface area (Å²) in [6.45, 7) is 15.3. The number of nitrogens with zero attached hydrogens (tertiary/aromatic N) is 3. The molecule has 198 valence electrons. The fraction of sp³-hybridized carbons (Fsp3) is 0.444. The molecule has 2 aromatic rings. The van der Waals surface area contributed by atoms with Crippen molar-refractivity contribution in [3.05, 3.63) is 53.1 Å². The number of amides is 2. The van der Waals surface area contributed by atoms with Crippen LogP contribution in [0.25, 0.3) is 0 Å². The van der Waals surface area contributed by atoms with Crippen molar-refractivity contribution < 1.29 is 19.3 Å². The number of aliphatic imine (C=N–C) groups is 1. The van der Waals surface area contributed by atoms with E-state index in [4.69, 9.17) is 9.73 Å². The maximum absolute atomic E-state index is 13.6. The van der Waals surface area contributed by atoms with E-state index in [0.29, 0.717) is 39.5 Å². The first-order valence-corrected chi connectivity index (χ1v) is 12.5. The lowest BCUT2D eigenvalue weighted by Crippen LogP contribution is -2.61. The van der Waals surface area contributed by atoms with Crippen molar-refractivity contribution in [2.75, 3.05) is 7.11 Å². The Hall–Kier alpha value is -3.53. The monoisotopic (exact) mass is 507 g/mol.